The van der Waals surface area contributed by atoms with E-state index in [-0.39, 0.29) is 0 Å². The van der Waals surface area contributed by atoms with Crippen molar-refractivity contribution in [3.63, 3.8) is 0 Å². The van der Waals surface area contributed by atoms with E-state index in [2.05, 4.69) is 52.8 Å². The molecular formula is C14H23NO. The van der Waals surface area contributed by atoms with Gasteiger partial charge in [0.05, 0.1) is 7.11 Å². The fourth-order valence-electron chi connectivity index (χ4n) is 2.18. The van der Waals surface area contributed by atoms with Crippen LogP contribution in [0.25, 0.3) is 0 Å². The predicted octanol–water partition coefficient (Wildman–Crippen LogP) is 3.24. The maximum Gasteiger partial charge on any atom is 0.122 e. The average Bonchev–Trinajstić information content (AvgIpc) is 2.23. The Morgan fingerprint density at radius 3 is 2.12 bits per heavy atom. The van der Waals surface area contributed by atoms with Gasteiger partial charge in [0.15, 0.2) is 0 Å². The zero-order valence-corrected chi connectivity index (χ0v) is 11.5. The van der Waals surface area contributed by atoms with Crippen molar-refractivity contribution in [1.29, 1.82) is 0 Å². The van der Waals surface area contributed by atoms with Crippen LogP contribution in [0, 0.1) is 20.8 Å². The molecule has 90 valence electrons. The third-order valence-electron chi connectivity index (χ3n) is 3.52. The lowest BCUT2D eigenvalue weighted by Crippen LogP contribution is -2.19. The highest BCUT2D eigenvalue weighted by atomic mass is 16.5. The van der Waals surface area contributed by atoms with Gasteiger partial charge in [0.1, 0.15) is 5.75 Å². The average molecular weight is 221 g/mol. The van der Waals surface area contributed by atoms with Gasteiger partial charge in [-0.3, -0.25) is 0 Å². The van der Waals surface area contributed by atoms with Gasteiger partial charge in [0.25, 0.3) is 0 Å². The lowest BCUT2D eigenvalue weighted by molar-refractivity contribution is 0.318. The Morgan fingerprint density at radius 1 is 1.12 bits per heavy atom. The van der Waals surface area contributed by atoms with Crippen LogP contribution in [0.2, 0.25) is 0 Å². The van der Waals surface area contributed by atoms with Gasteiger partial charge >= 0.3 is 0 Å². The quantitative estimate of drug-likeness (QED) is 0.777. The molecule has 1 rings (SSSR count). The molecule has 0 saturated carbocycles. The van der Waals surface area contributed by atoms with Crippen LogP contribution in [0.15, 0.2) is 6.07 Å². The third-order valence-corrected chi connectivity index (χ3v) is 3.52. The fraction of sp³-hybridized carbons (Fsp3) is 0.571. The van der Waals surface area contributed by atoms with E-state index in [1.807, 2.05) is 0 Å². The molecular weight excluding hydrogens is 198 g/mol. The first-order valence-corrected chi connectivity index (χ1v) is 5.71. The van der Waals surface area contributed by atoms with Gasteiger partial charge in [-0.05, 0) is 70.1 Å². The van der Waals surface area contributed by atoms with Crippen molar-refractivity contribution in [2.45, 2.75) is 33.7 Å². The SMILES string of the molecule is COc1cc(C)c(C(C)N(C)C)c(C)c1C. The van der Waals surface area contributed by atoms with Crippen molar-refractivity contribution in [2.24, 2.45) is 0 Å². The smallest absolute Gasteiger partial charge is 0.122 e. The van der Waals surface area contributed by atoms with Gasteiger partial charge < -0.3 is 9.64 Å². The minimum Gasteiger partial charge on any atom is -0.496 e. The molecule has 0 spiro atoms. The molecule has 2 nitrogen and oxygen atoms in total. The van der Waals surface area contributed by atoms with Gasteiger partial charge in [-0.1, -0.05) is 0 Å². The molecule has 0 aliphatic carbocycles. The molecule has 0 radical (unpaired) electrons. The summed E-state index contributed by atoms with van der Waals surface area (Å²) in [6.07, 6.45) is 0. The lowest BCUT2D eigenvalue weighted by Gasteiger charge is -2.26. The van der Waals surface area contributed by atoms with Crippen molar-refractivity contribution in [2.75, 3.05) is 21.2 Å². The van der Waals surface area contributed by atoms with E-state index in [1.165, 1.54) is 22.3 Å². The molecule has 1 aromatic carbocycles. The zero-order chi connectivity index (χ0) is 12.5. The van der Waals surface area contributed by atoms with E-state index in [4.69, 9.17) is 4.74 Å². The second-order valence-corrected chi connectivity index (χ2v) is 4.70. The largest absolute Gasteiger partial charge is 0.496 e. The van der Waals surface area contributed by atoms with E-state index in [0.29, 0.717) is 6.04 Å². The summed E-state index contributed by atoms with van der Waals surface area (Å²) in [5.74, 6) is 0.990. The summed E-state index contributed by atoms with van der Waals surface area (Å²) in [7, 11) is 5.96. The predicted molar refractivity (Wildman–Crippen MR) is 69.3 cm³/mol. The summed E-state index contributed by atoms with van der Waals surface area (Å²) in [6.45, 7) is 8.70. The maximum atomic E-state index is 5.39. The van der Waals surface area contributed by atoms with Crippen LogP contribution >= 0.6 is 0 Å². The number of hydrogen-bond donors (Lipinski definition) is 0. The highest BCUT2D eigenvalue weighted by Gasteiger charge is 2.17. The molecule has 0 fully saturated rings. The van der Waals surface area contributed by atoms with Crippen LogP contribution in [0.1, 0.15) is 35.2 Å². The normalized spacial score (nSPS) is 13.0. The van der Waals surface area contributed by atoms with Crippen LogP contribution < -0.4 is 4.74 Å². The second kappa shape index (κ2) is 4.88. The van der Waals surface area contributed by atoms with Gasteiger partial charge in [-0.25, -0.2) is 0 Å². The van der Waals surface area contributed by atoms with E-state index in [1.54, 1.807) is 7.11 Å². The highest BCUT2D eigenvalue weighted by molar-refractivity contribution is 5.49. The number of aryl methyl sites for hydroxylation is 1. The molecule has 2 heteroatoms. The summed E-state index contributed by atoms with van der Waals surface area (Å²) < 4.78 is 5.39. The van der Waals surface area contributed by atoms with E-state index in [0.717, 1.165) is 5.75 Å². The summed E-state index contributed by atoms with van der Waals surface area (Å²) in [4.78, 5) is 2.24. The number of hydrogen-bond acceptors (Lipinski definition) is 2. The number of ether oxygens (including phenoxy) is 1. The highest BCUT2D eigenvalue weighted by Crippen LogP contribution is 2.32. The molecule has 1 atom stereocenters. The van der Waals surface area contributed by atoms with Crippen molar-refractivity contribution in [1.82, 2.24) is 4.90 Å². The van der Waals surface area contributed by atoms with Crippen molar-refractivity contribution >= 4 is 0 Å². The summed E-state index contributed by atoms with van der Waals surface area (Å²) in [5.41, 5.74) is 5.32. The maximum absolute atomic E-state index is 5.39. The molecule has 0 aliphatic heterocycles. The Labute approximate surface area is 99.2 Å². The Bertz CT molecular complexity index is 383. The van der Waals surface area contributed by atoms with E-state index >= 15 is 0 Å². The summed E-state index contributed by atoms with van der Waals surface area (Å²) in [5, 5.41) is 0. The molecule has 1 unspecified atom stereocenters. The third kappa shape index (κ3) is 2.22. The first-order valence-electron chi connectivity index (χ1n) is 5.71. The van der Waals surface area contributed by atoms with E-state index in [9.17, 15) is 0 Å². The molecule has 1 aromatic rings. The van der Waals surface area contributed by atoms with Gasteiger partial charge in [-0.15, -0.1) is 0 Å². The summed E-state index contributed by atoms with van der Waals surface area (Å²) in [6, 6.07) is 2.57. The molecule has 0 N–H and O–H groups in total. The van der Waals surface area contributed by atoms with Crippen LogP contribution in [-0.2, 0) is 0 Å². The number of nitrogens with zero attached hydrogens (tertiary/aromatic N) is 1. The van der Waals surface area contributed by atoms with Crippen LogP contribution in [-0.4, -0.2) is 26.1 Å². The van der Waals surface area contributed by atoms with Crippen LogP contribution in [0.3, 0.4) is 0 Å². The fourth-order valence-corrected chi connectivity index (χ4v) is 2.18. The van der Waals surface area contributed by atoms with Crippen LogP contribution in [0.4, 0.5) is 0 Å². The number of methoxy groups -OCH3 is 1. The number of rotatable bonds is 3. The minimum absolute atomic E-state index is 0.435. The van der Waals surface area contributed by atoms with Crippen molar-refractivity contribution < 1.29 is 4.74 Å². The summed E-state index contributed by atoms with van der Waals surface area (Å²) >= 11 is 0. The molecule has 0 amide bonds. The first-order chi connectivity index (χ1) is 7.40. The van der Waals surface area contributed by atoms with E-state index < -0.39 is 0 Å². The number of benzene rings is 1. The van der Waals surface area contributed by atoms with Crippen molar-refractivity contribution in [3.05, 3.63) is 28.3 Å². The van der Waals surface area contributed by atoms with Crippen LogP contribution in [0.5, 0.6) is 5.75 Å². The monoisotopic (exact) mass is 221 g/mol. The Balaban J connectivity index is 3.36. The Kier molecular flexibility index (Phi) is 3.98. The second-order valence-electron chi connectivity index (χ2n) is 4.70. The standard InChI is InChI=1S/C14H23NO/c1-9-8-13(16-7)10(2)11(3)14(9)12(4)15(5)6/h8,12H,1-7H3. The van der Waals surface area contributed by atoms with Crippen molar-refractivity contribution in [3.8, 4) is 5.75 Å². The molecule has 16 heavy (non-hydrogen) atoms. The molecule has 0 aromatic heterocycles. The molecule has 0 bridgehead atoms. The lowest BCUT2D eigenvalue weighted by atomic mass is 9.92. The van der Waals surface area contributed by atoms with Gasteiger partial charge in [0.2, 0.25) is 0 Å². The van der Waals surface area contributed by atoms with Gasteiger partial charge in [0, 0.05) is 6.04 Å². The zero-order valence-electron chi connectivity index (χ0n) is 11.5. The first kappa shape index (κ1) is 13.0. The Hall–Kier alpha value is -1.02. The van der Waals surface area contributed by atoms with Gasteiger partial charge in [-0.2, -0.15) is 0 Å². The minimum atomic E-state index is 0.435. The molecule has 0 heterocycles. The molecule has 0 aliphatic rings. The molecule has 0 saturated heterocycles. The topological polar surface area (TPSA) is 12.5 Å². The Morgan fingerprint density at radius 2 is 1.69 bits per heavy atom.